The highest BCUT2D eigenvalue weighted by Gasteiger charge is 2.26. The number of rotatable bonds is 7. The van der Waals surface area contributed by atoms with Crippen LogP contribution in [0.3, 0.4) is 0 Å². The van der Waals surface area contributed by atoms with Crippen molar-refractivity contribution in [1.29, 1.82) is 0 Å². The lowest BCUT2D eigenvalue weighted by atomic mass is 9.92. The summed E-state index contributed by atoms with van der Waals surface area (Å²) in [5.41, 5.74) is 5.93. The molecule has 32 heavy (non-hydrogen) atoms. The van der Waals surface area contributed by atoms with Crippen LogP contribution in [0.1, 0.15) is 45.7 Å². The Morgan fingerprint density at radius 2 is 1.91 bits per heavy atom. The summed E-state index contributed by atoms with van der Waals surface area (Å²) in [6.07, 6.45) is 8.72. The predicted octanol–water partition coefficient (Wildman–Crippen LogP) is 7.54. The number of benzene rings is 1. The first-order chi connectivity index (χ1) is 15.1. The van der Waals surface area contributed by atoms with Gasteiger partial charge in [-0.3, -0.25) is 0 Å². The molecule has 0 aliphatic heterocycles. The number of nitrogens with one attached hydrogen (secondary N) is 2. The Balaban J connectivity index is 2.20. The lowest BCUT2D eigenvalue weighted by molar-refractivity contribution is 0.269. The molecule has 5 heteroatoms. The SMILES string of the molecule is C=C(C)c1ccc(NC(=N/C=C\C)/C(C)=C\N/C=C(\C)C2=C(F)C(F)C(C)C=C2)cc1C. The third-order valence-corrected chi connectivity index (χ3v) is 5.23. The molecule has 0 spiro atoms. The van der Waals surface area contributed by atoms with Crippen LogP contribution in [0.15, 0.2) is 89.1 Å². The molecule has 0 aromatic heterocycles. The van der Waals surface area contributed by atoms with Gasteiger partial charge in [0.25, 0.3) is 0 Å². The van der Waals surface area contributed by atoms with Gasteiger partial charge < -0.3 is 10.6 Å². The van der Waals surface area contributed by atoms with Crippen molar-refractivity contribution in [2.24, 2.45) is 10.9 Å². The first kappa shape index (κ1) is 25.1. The summed E-state index contributed by atoms with van der Waals surface area (Å²) in [7, 11) is 0. The van der Waals surface area contributed by atoms with E-state index in [-0.39, 0.29) is 5.57 Å². The van der Waals surface area contributed by atoms with Crippen LogP contribution in [0.25, 0.3) is 5.57 Å². The van der Waals surface area contributed by atoms with E-state index in [1.54, 1.807) is 44.6 Å². The summed E-state index contributed by atoms with van der Waals surface area (Å²) in [4.78, 5) is 4.49. The van der Waals surface area contributed by atoms with Crippen molar-refractivity contribution in [3.63, 3.8) is 0 Å². The molecule has 1 aliphatic rings. The van der Waals surface area contributed by atoms with Crippen LogP contribution in [0.2, 0.25) is 0 Å². The quantitative estimate of drug-likeness (QED) is 0.341. The molecule has 0 radical (unpaired) electrons. The molecule has 1 aromatic carbocycles. The number of alkyl halides is 1. The smallest absolute Gasteiger partial charge is 0.158 e. The second kappa shape index (κ2) is 11.4. The fourth-order valence-electron chi connectivity index (χ4n) is 3.30. The summed E-state index contributed by atoms with van der Waals surface area (Å²) < 4.78 is 28.3. The zero-order valence-corrected chi connectivity index (χ0v) is 19.8. The van der Waals surface area contributed by atoms with Crippen molar-refractivity contribution in [2.75, 3.05) is 5.32 Å². The van der Waals surface area contributed by atoms with Crippen molar-refractivity contribution in [3.8, 4) is 0 Å². The van der Waals surface area contributed by atoms with Gasteiger partial charge in [-0.15, -0.1) is 0 Å². The van der Waals surface area contributed by atoms with E-state index in [0.717, 1.165) is 28.0 Å². The highest BCUT2D eigenvalue weighted by molar-refractivity contribution is 6.07. The molecule has 1 aromatic rings. The standard InChI is InChI=1S/C27H33F2N3/c1-8-13-31-27(32-22-10-12-23(17(2)3)19(5)14-22)21(7)16-30-15-20(6)24-11-9-18(4)25(28)26(24)29/h8-16,18,25,30H,2H2,1,3-7H3,(H,31,32)/b13-8-,20-15+,21-16-. The maximum Gasteiger partial charge on any atom is 0.158 e. The number of hydrogen-bond acceptors (Lipinski definition) is 2. The summed E-state index contributed by atoms with van der Waals surface area (Å²) in [5, 5.41) is 6.42. The molecule has 2 N–H and O–H groups in total. The van der Waals surface area contributed by atoms with Gasteiger partial charge in [0.05, 0.1) is 0 Å². The van der Waals surface area contributed by atoms with Crippen LogP contribution < -0.4 is 10.6 Å². The topological polar surface area (TPSA) is 36.4 Å². The first-order valence-corrected chi connectivity index (χ1v) is 10.7. The Kier molecular flexibility index (Phi) is 8.94. The number of anilines is 1. The fraction of sp³-hybridized carbons (Fsp3) is 0.296. The Hall–Kier alpha value is -3.21. The van der Waals surface area contributed by atoms with Crippen molar-refractivity contribution < 1.29 is 8.78 Å². The second-order valence-electron chi connectivity index (χ2n) is 8.10. The van der Waals surface area contributed by atoms with Crippen LogP contribution in [-0.4, -0.2) is 12.0 Å². The Morgan fingerprint density at radius 1 is 1.19 bits per heavy atom. The van der Waals surface area contributed by atoms with Crippen LogP contribution >= 0.6 is 0 Å². The molecular weight excluding hydrogens is 404 g/mol. The van der Waals surface area contributed by atoms with Gasteiger partial charge in [-0.25, -0.2) is 13.8 Å². The predicted molar refractivity (Wildman–Crippen MR) is 134 cm³/mol. The van der Waals surface area contributed by atoms with E-state index in [1.807, 2.05) is 45.9 Å². The molecule has 3 nitrogen and oxygen atoms in total. The average Bonchev–Trinajstić information content (AvgIpc) is 2.74. The highest BCUT2D eigenvalue weighted by Crippen LogP contribution is 2.31. The minimum Gasteiger partial charge on any atom is -0.367 e. The van der Waals surface area contributed by atoms with E-state index in [4.69, 9.17) is 0 Å². The molecule has 2 rings (SSSR count). The minimum atomic E-state index is -1.60. The summed E-state index contributed by atoms with van der Waals surface area (Å²) in [6, 6.07) is 6.08. The number of nitrogens with zero attached hydrogens (tertiary/aromatic N) is 1. The van der Waals surface area contributed by atoms with E-state index in [1.165, 1.54) is 0 Å². The number of hydrogen-bond donors (Lipinski definition) is 2. The molecule has 2 atom stereocenters. The summed E-state index contributed by atoms with van der Waals surface area (Å²) in [6.45, 7) is 15.3. The van der Waals surface area contributed by atoms with Gasteiger partial charge in [-0.1, -0.05) is 43.4 Å². The van der Waals surface area contributed by atoms with Gasteiger partial charge in [-0.2, -0.15) is 0 Å². The van der Waals surface area contributed by atoms with Gasteiger partial charge in [0.2, 0.25) is 0 Å². The molecule has 1 aliphatic carbocycles. The lowest BCUT2D eigenvalue weighted by Gasteiger charge is -2.19. The fourth-order valence-corrected chi connectivity index (χ4v) is 3.30. The third kappa shape index (κ3) is 6.39. The maximum atomic E-state index is 14.3. The van der Waals surface area contributed by atoms with E-state index in [9.17, 15) is 8.78 Å². The first-order valence-electron chi connectivity index (χ1n) is 10.7. The molecule has 0 bridgehead atoms. The molecule has 0 heterocycles. The molecule has 0 saturated heterocycles. The zero-order chi connectivity index (χ0) is 23.8. The lowest BCUT2D eigenvalue weighted by Crippen LogP contribution is -2.17. The summed E-state index contributed by atoms with van der Waals surface area (Å²) >= 11 is 0. The maximum absolute atomic E-state index is 14.3. The third-order valence-electron chi connectivity index (χ3n) is 5.23. The normalized spacial score (nSPS) is 20.2. The Labute approximate surface area is 190 Å². The zero-order valence-electron chi connectivity index (χ0n) is 19.8. The largest absolute Gasteiger partial charge is 0.367 e. The van der Waals surface area contributed by atoms with Crippen LogP contribution in [0.5, 0.6) is 0 Å². The summed E-state index contributed by atoms with van der Waals surface area (Å²) in [5.74, 6) is -0.502. The van der Waals surface area contributed by atoms with E-state index < -0.39 is 17.9 Å². The molecule has 2 unspecified atom stereocenters. The highest BCUT2D eigenvalue weighted by atomic mass is 19.2. The van der Waals surface area contributed by atoms with E-state index in [2.05, 4.69) is 28.3 Å². The Bertz CT molecular complexity index is 1040. The van der Waals surface area contributed by atoms with Crippen LogP contribution in [0, 0.1) is 12.8 Å². The second-order valence-corrected chi connectivity index (χ2v) is 8.10. The van der Waals surface area contributed by atoms with E-state index in [0.29, 0.717) is 11.4 Å². The number of allylic oxidation sites excluding steroid dienone is 7. The van der Waals surface area contributed by atoms with Gasteiger partial charge in [0, 0.05) is 41.4 Å². The van der Waals surface area contributed by atoms with Gasteiger partial charge in [-0.05, 0) is 63.5 Å². The van der Waals surface area contributed by atoms with E-state index >= 15 is 0 Å². The van der Waals surface area contributed by atoms with Crippen molar-refractivity contribution in [1.82, 2.24) is 5.32 Å². The average molecular weight is 438 g/mol. The number of halogens is 2. The molecule has 0 fully saturated rings. The van der Waals surface area contributed by atoms with Crippen LogP contribution in [-0.2, 0) is 0 Å². The minimum absolute atomic E-state index is 0.281. The monoisotopic (exact) mass is 437 g/mol. The van der Waals surface area contributed by atoms with Crippen molar-refractivity contribution >= 4 is 17.1 Å². The molecule has 0 amide bonds. The number of aliphatic imine (C=N–C) groups is 1. The van der Waals surface area contributed by atoms with Gasteiger partial charge in [0.15, 0.2) is 6.17 Å². The molecular formula is C27H33F2N3. The molecule has 0 saturated carbocycles. The number of amidine groups is 1. The van der Waals surface area contributed by atoms with Gasteiger partial charge in [0.1, 0.15) is 11.7 Å². The Morgan fingerprint density at radius 3 is 2.53 bits per heavy atom. The van der Waals surface area contributed by atoms with Gasteiger partial charge >= 0.3 is 0 Å². The number of aryl methyl sites for hydroxylation is 1. The van der Waals surface area contributed by atoms with Crippen molar-refractivity contribution in [2.45, 2.75) is 47.7 Å². The molecule has 170 valence electrons. The van der Waals surface area contributed by atoms with Crippen LogP contribution in [0.4, 0.5) is 14.5 Å². The van der Waals surface area contributed by atoms with Crippen molar-refractivity contribution in [3.05, 3.63) is 95.3 Å².